The first-order valence-electron chi connectivity index (χ1n) is 18.5. The lowest BCUT2D eigenvalue weighted by atomic mass is 10.0. The molecule has 4 aromatic rings. The Hall–Kier alpha value is -5.24. The maximum absolute atomic E-state index is 14.4. The fourth-order valence-electron chi connectivity index (χ4n) is 6.26. The summed E-state index contributed by atoms with van der Waals surface area (Å²) in [7, 11) is 0. The van der Waals surface area contributed by atoms with Gasteiger partial charge in [0.25, 0.3) is 0 Å². The smallest absolute Gasteiger partial charge is 0.433 e. The molecule has 0 aromatic carbocycles. The third kappa shape index (κ3) is 12.9. The Balaban J connectivity index is 0.000000267. The Morgan fingerprint density at radius 3 is 1.63 bits per heavy atom. The van der Waals surface area contributed by atoms with Crippen LogP contribution in [0.4, 0.5) is 39.9 Å². The van der Waals surface area contributed by atoms with Crippen LogP contribution in [0, 0.1) is 0 Å². The zero-order valence-corrected chi connectivity index (χ0v) is 33.3. The van der Waals surface area contributed by atoms with Crippen LogP contribution in [0.2, 0.25) is 0 Å². The average Bonchev–Trinajstić information content (AvgIpc) is 3.80. The van der Waals surface area contributed by atoms with E-state index in [-0.39, 0.29) is 50.4 Å². The zero-order chi connectivity index (χ0) is 43.1. The van der Waals surface area contributed by atoms with Crippen molar-refractivity contribution in [2.75, 3.05) is 13.1 Å². The number of ether oxygens (including phenoxy) is 1. The van der Waals surface area contributed by atoms with Crippen LogP contribution in [0.25, 0.3) is 22.5 Å². The summed E-state index contributed by atoms with van der Waals surface area (Å²) in [4.78, 5) is 61.3. The van der Waals surface area contributed by atoms with Crippen molar-refractivity contribution >= 4 is 30.1 Å². The van der Waals surface area contributed by atoms with E-state index in [1.807, 2.05) is 0 Å². The molecule has 324 valence electrons. The van der Waals surface area contributed by atoms with E-state index < -0.39 is 65.6 Å². The van der Waals surface area contributed by atoms with Gasteiger partial charge in [0.05, 0.1) is 17.4 Å². The number of carbonyl (C=O) groups excluding carboxylic acids is 3. The van der Waals surface area contributed by atoms with Gasteiger partial charge in [0, 0.05) is 54.3 Å². The predicted molar refractivity (Wildman–Crippen MR) is 202 cm³/mol. The second-order valence-electron chi connectivity index (χ2n) is 14.7. The first kappa shape index (κ1) is 47.4. The molecular weight excluding hydrogens is 832 g/mol. The highest BCUT2D eigenvalue weighted by molar-refractivity contribution is 5.89. The summed E-state index contributed by atoms with van der Waals surface area (Å²) in [6.45, 7) is 5.62. The quantitative estimate of drug-likeness (QED) is 0.157. The lowest BCUT2D eigenvalue weighted by molar-refractivity contribution is -0.141. The van der Waals surface area contributed by atoms with Crippen molar-refractivity contribution in [3.8, 4) is 22.5 Å². The molecule has 60 heavy (non-hydrogen) atoms. The molecule has 0 radical (unpaired) electrons. The third-order valence-electron chi connectivity index (χ3n) is 9.18. The van der Waals surface area contributed by atoms with Crippen molar-refractivity contribution in [2.24, 2.45) is 0 Å². The SMILES string of the molecule is CC(C)(C)OC(=O)N1CC[C@H](F)[C@H]1C(=O)CCc1cc(-c2ccc(C(F)(F)F)nc2)ncn1.Cl.O=C(CCc1cc(-c2ccc(C(F)(F)F)nc2)ncn1)[C@H]1NCC[C@@H]1F. The van der Waals surface area contributed by atoms with E-state index in [0.717, 1.165) is 29.4 Å². The number of amides is 1. The van der Waals surface area contributed by atoms with Crippen LogP contribution in [0.1, 0.15) is 69.2 Å². The Bertz CT molecular complexity index is 2090. The fourth-order valence-corrected chi connectivity index (χ4v) is 6.26. The summed E-state index contributed by atoms with van der Waals surface area (Å²) < 4.78 is 109. The molecule has 4 aromatic heterocycles. The van der Waals surface area contributed by atoms with Crippen molar-refractivity contribution in [3.05, 3.63) is 84.2 Å². The van der Waals surface area contributed by atoms with Gasteiger partial charge in [-0.2, -0.15) is 26.3 Å². The van der Waals surface area contributed by atoms with Crippen LogP contribution in [0.3, 0.4) is 0 Å². The second kappa shape index (κ2) is 19.9. The van der Waals surface area contributed by atoms with Crippen molar-refractivity contribution < 1.29 is 54.2 Å². The number of likely N-dealkylation sites (tertiary alicyclic amines) is 1. The molecule has 0 bridgehead atoms. The van der Waals surface area contributed by atoms with Crippen LogP contribution in [0.15, 0.2) is 61.4 Å². The number of halogens is 9. The van der Waals surface area contributed by atoms with Gasteiger partial charge in [-0.3, -0.25) is 24.5 Å². The highest BCUT2D eigenvalue weighted by Crippen LogP contribution is 2.31. The van der Waals surface area contributed by atoms with E-state index in [0.29, 0.717) is 53.3 Å². The molecule has 4 atom stereocenters. The molecule has 2 aliphatic rings. The van der Waals surface area contributed by atoms with Crippen molar-refractivity contribution in [2.45, 2.75) is 102 Å². The molecule has 2 saturated heterocycles. The molecule has 21 heteroatoms. The maximum atomic E-state index is 14.4. The molecule has 2 aliphatic heterocycles. The standard InChI is InChI=1S/C22H24F4N4O3.C17H16F4N4O.ClH/c1-21(2,3)33-20(32)30-9-8-15(23)19(30)17(31)6-5-14-10-16(29-12-28-14)13-4-7-18(27-11-13)22(24,25)26;18-12-5-6-22-16(12)14(26)3-2-11-7-13(25-9-24-11)10-1-4-15(23-8-10)17(19,20)21;/h4,7,10-12,15,19H,5-6,8-9H2,1-3H3;1,4,7-9,12,16,22H,2-3,5-6H2;1H/t15-,19-;12-,16-;/m00./s1. The molecule has 0 spiro atoms. The second-order valence-corrected chi connectivity index (χ2v) is 14.7. The number of carbonyl (C=O) groups is 3. The molecule has 12 nitrogen and oxygen atoms in total. The molecule has 0 unspecified atom stereocenters. The molecule has 6 rings (SSSR count). The van der Waals surface area contributed by atoms with Crippen LogP contribution in [-0.4, -0.2) is 95.6 Å². The summed E-state index contributed by atoms with van der Waals surface area (Å²) in [6, 6.07) is 5.40. The van der Waals surface area contributed by atoms with Crippen LogP contribution >= 0.6 is 12.4 Å². The number of nitrogens with zero attached hydrogens (tertiary/aromatic N) is 7. The van der Waals surface area contributed by atoms with E-state index in [4.69, 9.17) is 4.74 Å². The van der Waals surface area contributed by atoms with Gasteiger partial charge in [0.1, 0.15) is 48.0 Å². The van der Waals surface area contributed by atoms with E-state index in [2.05, 4.69) is 35.2 Å². The monoisotopic (exact) mass is 872 g/mol. The number of nitrogens with one attached hydrogen (secondary N) is 1. The number of aromatic nitrogens is 6. The first-order valence-corrected chi connectivity index (χ1v) is 18.5. The number of Topliss-reactive ketones (excluding diaryl/α,β-unsaturated/α-hetero) is 2. The summed E-state index contributed by atoms with van der Waals surface area (Å²) in [6.07, 6.45) is -6.90. The van der Waals surface area contributed by atoms with Crippen LogP contribution < -0.4 is 5.32 Å². The van der Waals surface area contributed by atoms with Gasteiger partial charge in [-0.05, 0) is 89.4 Å². The lowest BCUT2D eigenvalue weighted by Gasteiger charge is -2.28. The Morgan fingerprint density at radius 2 is 1.22 bits per heavy atom. The number of alkyl halides is 8. The van der Waals surface area contributed by atoms with Crippen molar-refractivity contribution in [3.63, 3.8) is 0 Å². The van der Waals surface area contributed by atoms with Gasteiger partial charge in [-0.15, -0.1) is 12.4 Å². The van der Waals surface area contributed by atoms with E-state index in [1.165, 1.54) is 30.9 Å². The molecule has 1 amide bonds. The largest absolute Gasteiger partial charge is 0.444 e. The molecular formula is C39H41ClF8N8O4. The minimum atomic E-state index is -4.54. The molecule has 0 saturated carbocycles. The van der Waals surface area contributed by atoms with Gasteiger partial charge in [0.15, 0.2) is 11.6 Å². The Kier molecular flexibility index (Phi) is 15.7. The highest BCUT2D eigenvalue weighted by Gasteiger charge is 2.43. The van der Waals surface area contributed by atoms with E-state index in [9.17, 15) is 49.5 Å². The minimum Gasteiger partial charge on any atom is -0.444 e. The molecule has 2 fully saturated rings. The van der Waals surface area contributed by atoms with Gasteiger partial charge in [0.2, 0.25) is 0 Å². The Labute approximate surface area is 345 Å². The summed E-state index contributed by atoms with van der Waals surface area (Å²) >= 11 is 0. The number of rotatable bonds is 10. The number of hydrogen-bond acceptors (Lipinski definition) is 11. The third-order valence-corrected chi connectivity index (χ3v) is 9.18. The average molecular weight is 873 g/mol. The normalized spacial score (nSPS) is 19.2. The molecule has 1 N–H and O–H groups in total. The summed E-state index contributed by atoms with van der Waals surface area (Å²) in [5.74, 6) is -0.673. The Morgan fingerprint density at radius 1 is 0.717 bits per heavy atom. The first-order chi connectivity index (χ1) is 27.7. The minimum absolute atomic E-state index is 0. The van der Waals surface area contributed by atoms with Crippen LogP contribution in [0.5, 0.6) is 0 Å². The van der Waals surface area contributed by atoms with Gasteiger partial charge in [-0.1, -0.05) is 0 Å². The number of pyridine rings is 2. The van der Waals surface area contributed by atoms with E-state index in [1.54, 1.807) is 26.8 Å². The van der Waals surface area contributed by atoms with Crippen molar-refractivity contribution in [1.82, 2.24) is 40.1 Å². The zero-order valence-electron chi connectivity index (χ0n) is 32.4. The number of aryl methyl sites for hydroxylation is 2. The van der Waals surface area contributed by atoms with Gasteiger partial charge in [-0.25, -0.2) is 33.5 Å². The summed E-state index contributed by atoms with van der Waals surface area (Å²) in [5.41, 5.74) is -0.253. The topological polar surface area (TPSA) is 153 Å². The number of hydrogen-bond donors (Lipinski definition) is 1. The van der Waals surface area contributed by atoms with Crippen LogP contribution in [-0.2, 0) is 39.5 Å². The fraction of sp³-hybridized carbons (Fsp3) is 0.462. The molecule has 6 heterocycles. The van der Waals surface area contributed by atoms with Crippen molar-refractivity contribution in [1.29, 1.82) is 0 Å². The van der Waals surface area contributed by atoms with Gasteiger partial charge < -0.3 is 10.1 Å². The van der Waals surface area contributed by atoms with Gasteiger partial charge >= 0.3 is 18.4 Å². The summed E-state index contributed by atoms with van der Waals surface area (Å²) in [5, 5.41) is 2.84. The maximum Gasteiger partial charge on any atom is 0.433 e. The predicted octanol–water partition coefficient (Wildman–Crippen LogP) is 7.59. The number of ketones is 2. The van der Waals surface area contributed by atoms with E-state index >= 15 is 0 Å². The lowest BCUT2D eigenvalue weighted by Crippen LogP contribution is -2.46. The highest BCUT2D eigenvalue weighted by atomic mass is 35.5. The molecule has 0 aliphatic carbocycles.